The van der Waals surface area contributed by atoms with Crippen LogP contribution in [0.25, 0.3) is 11.1 Å². The Bertz CT molecular complexity index is 619. The van der Waals surface area contributed by atoms with E-state index in [2.05, 4.69) is 50.5 Å². The summed E-state index contributed by atoms with van der Waals surface area (Å²) < 4.78 is 1.44. The van der Waals surface area contributed by atoms with Crippen LogP contribution in [-0.4, -0.2) is 6.26 Å². The van der Waals surface area contributed by atoms with Crippen LogP contribution in [0.15, 0.2) is 22.4 Å². The van der Waals surface area contributed by atoms with E-state index in [0.29, 0.717) is 0 Å². The lowest BCUT2D eigenvalue weighted by molar-refractivity contribution is -0.00000383. The van der Waals surface area contributed by atoms with E-state index in [1.165, 1.54) is 31.5 Å². The molecule has 19 heavy (non-hydrogen) atoms. The predicted molar refractivity (Wildman–Crippen MR) is 85.2 cm³/mol. The lowest BCUT2D eigenvalue weighted by Crippen LogP contribution is -3.00. The lowest BCUT2D eigenvalue weighted by atomic mass is 9.89. The number of benzene rings is 1. The van der Waals surface area contributed by atoms with Gasteiger partial charge in [0.05, 0.1) is 11.1 Å². The fourth-order valence-corrected chi connectivity index (χ4v) is 6.76. The zero-order valence-corrected chi connectivity index (χ0v) is 15.9. The maximum atomic E-state index is 3.68. The highest BCUT2D eigenvalue weighted by atomic mass is 127. The van der Waals surface area contributed by atoms with Gasteiger partial charge in [-0.05, 0) is 38.7 Å². The van der Waals surface area contributed by atoms with Crippen LogP contribution in [-0.2, 0) is 5.54 Å². The molecule has 0 amide bonds. The van der Waals surface area contributed by atoms with Crippen molar-refractivity contribution in [2.45, 2.75) is 30.5 Å². The van der Waals surface area contributed by atoms with Gasteiger partial charge in [-0.1, -0.05) is 23.9 Å². The van der Waals surface area contributed by atoms with Crippen molar-refractivity contribution < 1.29 is 24.0 Å². The standard InChI is InChI=1S/C14H16NS3.HI/c1-8-5-6-9-10(7-8)15-14(2,3)12-11(9)13(16-4)18-17-12;/h5-7,15H,1-4H3;1H/q+1;/p-1. The number of rotatable bonds is 1. The molecule has 0 saturated heterocycles. The van der Waals surface area contributed by atoms with Crippen LogP contribution >= 0.6 is 32.4 Å². The Balaban J connectivity index is 0.00000133. The van der Waals surface area contributed by atoms with E-state index >= 15 is 0 Å². The van der Waals surface area contributed by atoms with E-state index in [0.717, 1.165) is 0 Å². The molecule has 1 aromatic heterocycles. The van der Waals surface area contributed by atoms with Gasteiger partial charge >= 0.3 is 10.3 Å². The van der Waals surface area contributed by atoms with Crippen molar-refractivity contribution in [1.29, 1.82) is 0 Å². The van der Waals surface area contributed by atoms with Gasteiger partial charge in [0.1, 0.15) is 4.88 Å². The summed E-state index contributed by atoms with van der Waals surface area (Å²) in [6.07, 6.45) is 2.17. The van der Waals surface area contributed by atoms with Crippen molar-refractivity contribution >= 4 is 38.1 Å². The molecule has 0 saturated carbocycles. The monoisotopic (exact) mass is 421 g/mol. The van der Waals surface area contributed by atoms with E-state index < -0.39 is 0 Å². The zero-order chi connectivity index (χ0) is 12.9. The van der Waals surface area contributed by atoms with E-state index in [4.69, 9.17) is 0 Å². The van der Waals surface area contributed by atoms with Crippen LogP contribution in [0.5, 0.6) is 0 Å². The van der Waals surface area contributed by atoms with Crippen LogP contribution in [0.2, 0.25) is 0 Å². The van der Waals surface area contributed by atoms with Crippen molar-refractivity contribution in [2.24, 2.45) is 0 Å². The summed E-state index contributed by atoms with van der Waals surface area (Å²) >= 11 is 1.86. The number of thioether (sulfide) groups is 1. The Hall–Kier alpha value is 0.150. The Kier molecular flexibility index (Phi) is 4.50. The molecule has 1 aliphatic heterocycles. The largest absolute Gasteiger partial charge is 1.00 e. The summed E-state index contributed by atoms with van der Waals surface area (Å²) in [5.41, 5.74) is 5.43. The molecule has 0 fully saturated rings. The van der Waals surface area contributed by atoms with Gasteiger partial charge in [-0.25, -0.2) is 0 Å². The van der Waals surface area contributed by atoms with Crippen molar-refractivity contribution in [1.82, 2.24) is 0 Å². The quantitative estimate of drug-likeness (QED) is 0.329. The molecule has 5 heteroatoms. The summed E-state index contributed by atoms with van der Waals surface area (Å²) in [7, 11) is 3.81. The van der Waals surface area contributed by atoms with Gasteiger partial charge in [0, 0.05) is 11.3 Å². The van der Waals surface area contributed by atoms with E-state index in [1.807, 2.05) is 32.4 Å². The van der Waals surface area contributed by atoms with Crippen molar-refractivity contribution in [2.75, 3.05) is 11.6 Å². The van der Waals surface area contributed by atoms with Gasteiger partial charge in [0.25, 0.3) is 4.21 Å². The molecular weight excluding hydrogens is 405 g/mol. The highest BCUT2D eigenvalue weighted by molar-refractivity contribution is 8.02. The zero-order valence-electron chi connectivity index (χ0n) is 11.3. The van der Waals surface area contributed by atoms with E-state index in [1.54, 1.807) is 0 Å². The second-order valence-corrected chi connectivity index (χ2v) is 8.39. The summed E-state index contributed by atoms with van der Waals surface area (Å²) in [4.78, 5) is 1.47. The molecule has 1 aliphatic rings. The van der Waals surface area contributed by atoms with Gasteiger partial charge < -0.3 is 29.3 Å². The molecule has 2 aromatic rings. The van der Waals surface area contributed by atoms with E-state index in [9.17, 15) is 0 Å². The maximum absolute atomic E-state index is 3.68. The Labute approximate surface area is 143 Å². The molecule has 0 atom stereocenters. The minimum absolute atomic E-state index is 0. The minimum Gasteiger partial charge on any atom is -1.00 e. The van der Waals surface area contributed by atoms with E-state index in [-0.39, 0.29) is 29.5 Å². The summed E-state index contributed by atoms with van der Waals surface area (Å²) in [6, 6.07) is 6.71. The first kappa shape index (κ1) is 15.5. The predicted octanol–water partition coefficient (Wildman–Crippen LogP) is 2.45. The van der Waals surface area contributed by atoms with Gasteiger partial charge in [0.15, 0.2) is 10.3 Å². The number of nitrogens with one attached hydrogen (secondary N) is 1. The highest BCUT2D eigenvalue weighted by Gasteiger charge is 2.39. The average molecular weight is 421 g/mol. The first-order valence-corrected chi connectivity index (χ1v) is 9.30. The molecule has 0 bridgehead atoms. The SMILES string of the molecule is CSc1[s+]sc2c1-c1ccc(C)cc1NC2(C)C.[I-]. The number of fused-ring (bicyclic) bond motifs is 3. The van der Waals surface area contributed by atoms with Crippen LogP contribution in [0.4, 0.5) is 5.69 Å². The van der Waals surface area contributed by atoms with Crippen LogP contribution < -0.4 is 29.3 Å². The number of aryl methyl sites for hydroxylation is 1. The van der Waals surface area contributed by atoms with Gasteiger partial charge in [-0.3, -0.25) is 0 Å². The third-order valence-electron chi connectivity index (χ3n) is 3.28. The molecule has 0 aliphatic carbocycles. The summed E-state index contributed by atoms with van der Waals surface area (Å²) in [5.74, 6) is 0. The van der Waals surface area contributed by atoms with Crippen molar-refractivity contribution in [3.63, 3.8) is 0 Å². The average Bonchev–Trinajstić information content (AvgIpc) is 2.72. The number of hydrogen-bond donors (Lipinski definition) is 1. The minimum atomic E-state index is 0. The molecule has 1 nitrogen and oxygen atoms in total. The fourth-order valence-electron chi connectivity index (χ4n) is 2.41. The summed E-state index contributed by atoms with van der Waals surface area (Å²) in [5, 5.41) is 3.68. The van der Waals surface area contributed by atoms with Crippen LogP contribution in [0.3, 0.4) is 0 Å². The first-order valence-electron chi connectivity index (χ1n) is 5.93. The smallest absolute Gasteiger partial charge is 0.308 e. The Morgan fingerprint density at radius 2 is 2.05 bits per heavy atom. The summed E-state index contributed by atoms with van der Waals surface area (Å²) in [6.45, 7) is 6.69. The highest BCUT2D eigenvalue weighted by Crippen LogP contribution is 2.52. The van der Waals surface area contributed by atoms with Gasteiger partial charge in [-0.15, -0.1) is 0 Å². The normalized spacial score (nSPS) is 14.9. The van der Waals surface area contributed by atoms with Gasteiger partial charge in [0.2, 0.25) is 0 Å². The number of hydrogen-bond acceptors (Lipinski definition) is 3. The molecule has 0 unspecified atom stereocenters. The molecule has 1 aromatic carbocycles. The molecule has 1 N–H and O–H groups in total. The molecule has 102 valence electrons. The third-order valence-corrected chi connectivity index (χ3v) is 7.49. The van der Waals surface area contributed by atoms with Crippen molar-refractivity contribution in [3.8, 4) is 11.1 Å². The molecule has 2 heterocycles. The van der Waals surface area contributed by atoms with Gasteiger partial charge in [-0.2, -0.15) is 0 Å². The lowest BCUT2D eigenvalue weighted by Gasteiger charge is -2.32. The second-order valence-electron chi connectivity index (χ2n) is 5.16. The number of anilines is 1. The molecule has 0 radical (unpaired) electrons. The fraction of sp³-hybridized carbons (Fsp3) is 0.357. The Morgan fingerprint density at radius 3 is 2.74 bits per heavy atom. The van der Waals surface area contributed by atoms with Crippen molar-refractivity contribution in [3.05, 3.63) is 28.6 Å². The first-order chi connectivity index (χ1) is 8.53. The molecule has 3 rings (SSSR count). The topological polar surface area (TPSA) is 12.0 Å². The maximum Gasteiger partial charge on any atom is 0.308 e. The third kappa shape index (κ3) is 2.54. The molecule has 0 spiro atoms. The second kappa shape index (κ2) is 5.50. The Morgan fingerprint density at radius 1 is 1.32 bits per heavy atom. The van der Waals surface area contributed by atoms with Crippen LogP contribution in [0.1, 0.15) is 24.3 Å². The molecular formula is C14H16INS3. The van der Waals surface area contributed by atoms with Crippen LogP contribution in [0, 0.1) is 6.92 Å². The number of halogens is 1.